The molecule has 4 aromatic rings. The Bertz CT molecular complexity index is 1870. The molecule has 0 bridgehead atoms. The number of imidazole rings is 1. The second kappa shape index (κ2) is 13.5. The number of likely N-dealkylation sites (tertiary alicyclic amines) is 1. The van der Waals surface area contributed by atoms with E-state index in [0.29, 0.717) is 13.0 Å². The number of carbonyl (C=O) groups excluding carboxylic acids is 3. The Kier molecular flexibility index (Phi) is 9.61. The molecule has 248 valence electrons. The van der Waals surface area contributed by atoms with Gasteiger partial charge in [-0.15, -0.1) is 0 Å². The van der Waals surface area contributed by atoms with E-state index in [1.807, 2.05) is 44.2 Å². The third-order valence-electron chi connectivity index (χ3n) is 7.84. The Hall–Kier alpha value is -4.85. The number of aryl methyl sites for hydroxylation is 1. The highest BCUT2D eigenvalue weighted by Gasteiger charge is 2.40. The molecule has 5 rings (SSSR count). The van der Waals surface area contributed by atoms with Crippen LogP contribution in [0.1, 0.15) is 45.2 Å². The van der Waals surface area contributed by atoms with E-state index < -0.39 is 40.3 Å². The number of carbonyl (C=O) groups is 3. The molecule has 47 heavy (non-hydrogen) atoms. The number of aromatic nitrogens is 4. The minimum absolute atomic E-state index is 0.0387. The molecule has 14 heteroatoms. The molecule has 0 unspecified atom stereocenters. The normalized spacial score (nSPS) is 16.7. The molecule has 0 saturated carbocycles. The van der Waals surface area contributed by atoms with Gasteiger partial charge >= 0.3 is 12.2 Å². The maximum Gasteiger partial charge on any atom is 0.416 e. The number of rotatable bonds is 9. The van der Waals surface area contributed by atoms with Gasteiger partial charge in [0.1, 0.15) is 18.5 Å². The van der Waals surface area contributed by atoms with Crippen LogP contribution in [0.15, 0.2) is 72.0 Å². The van der Waals surface area contributed by atoms with Gasteiger partial charge in [-0.3, -0.25) is 9.69 Å². The lowest BCUT2D eigenvalue weighted by Crippen LogP contribution is -2.43. The van der Waals surface area contributed by atoms with Crippen LogP contribution in [-0.4, -0.2) is 75.4 Å². The van der Waals surface area contributed by atoms with Crippen molar-refractivity contribution in [2.24, 2.45) is 11.8 Å². The lowest BCUT2D eigenvalue weighted by molar-refractivity contribution is -0.122. The molecular weight excluding hydrogens is 624 g/mol. The van der Waals surface area contributed by atoms with Crippen molar-refractivity contribution in [1.82, 2.24) is 23.8 Å². The van der Waals surface area contributed by atoms with Gasteiger partial charge in [-0.1, -0.05) is 61.4 Å². The van der Waals surface area contributed by atoms with Crippen LogP contribution in [0, 0.1) is 18.8 Å². The van der Waals surface area contributed by atoms with Crippen molar-refractivity contribution in [1.29, 1.82) is 0 Å². The second-order valence-corrected chi connectivity index (χ2v) is 14.3. The first-order chi connectivity index (χ1) is 22.3. The van der Waals surface area contributed by atoms with Gasteiger partial charge in [0.2, 0.25) is 5.65 Å². The standard InChI is InChI=1S/C33H38N6O7S/c1-6-24-17-37(31(41)45-20-23-10-8-7-9-11-23)18-26(24)27(40)19-38(32(42)46-33(3,4)5)28-16-34-30-29(36-28)35-21-39(30)47(43,44)25-14-12-22(2)13-15-25/h7-16,21,24,26H,6,17-20H2,1-5H3/t24-,26+/m0/s1. The number of ketones is 1. The number of amides is 2. The molecule has 13 nitrogen and oxygen atoms in total. The fourth-order valence-corrected chi connectivity index (χ4v) is 6.57. The number of anilines is 1. The number of benzene rings is 2. The number of hydrogen-bond donors (Lipinski definition) is 0. The molecule has 0 spiro atoms. The Balaban J connectivity index is 1.38. The third-order valence-corrected chi connectivity index (χ3v) is 9.49. The van der Waals surface area contributed by atoms with Crippen LogP contribution in [-0.2, 0) is 30.9 Å². The van der Waals surface area contributed by atoms with Gasteiger partial charge < -0.3 is 14.4 Å². The topological polar surface area (TPSA) is 154 Å². The average Bonchev–Trinajstić information content (AvgIpc) is 3.67. The third kappa shape index (κ3) is 7.59. The highest BCUT2D eigenvalue weighted by molar-refractivity contribution is 7.90. The first-order valence-electron chi connectivity index (χ1n) is 15.3. The summed E-state index contributed by atoms with van der Waals surface area (Å²) in [6, 6.07) is 15.7. The van der Waals surface area contributed by atoms with Crippen molar-refractivity contribution < 1.29 is 32.3 Å². The summed E-state index contributed by atoms with van der Waals surface area (Å²) in [5.41, 5.74) is 0.774. The first kappa shape index (κ1) is 33.5. The summed E-state index contributed by atoms with van der Waals surface area (Å²) in [5, 5.41) is 0. The maximum absolute atomic E-state index is 13.8. The average molecular weight is 663 g/mol. The van der Waals surface area contributed by atoms with E-state index in [0.717, 1.165) is 26.3 Å². The van der Waals surface area contributed by atoms with Crippen LogP contribution in [0.4, 0.5) is 15.4 Å². The zero-order chi connectivity index (χ0) is 33.9. The molecule has 1 saturated heterocycles. The number of nitrogens with zero attached hydrogens (tertiary/aromatic N) is 6. The smallest absolute Gasteiger partial charge is 0.416 e. The van der Waals surface area contributed by atoms with Crippen LogP contribution in [0.5, 0.6) is 0 Å². The molecule has 1 fully saturated rings. The van der Waals surface area contributed by atoms with Crippen LogP contribution >= 0.6 is 0 Å². The summed E-state index contributed by atoms with van der Waals surface area (Å²) in [5.74, 6) is -1.05. The Morgan fingerprint density at radius 3 is 2.36 bits per heavy atom. The van der Waals surface area contributed by atoms with Crippen LogP contribution in [0.2, 0.25) is 0 Å². The fourth-order valence-electron chi connectivity index (χ4n) is 5.34. The Labute approximate surface area is 273 Å². The minimum atomic E-state index is -4.03. The summed E-state index contributed by atoms with van der Waals surface area (Å²) in [7, 11) is -4.03. The van der Waals surface area contributed by atoms with Crippen molar-refractivity contribution >= 4 is 45.1 Å². The van der Waals surface area contributed by atoms with Crippen molar-refractivity contribution in [3.05, 3.63) is 78.2 Å². The summed E-state index contributed by atoms with van der Waals surface area (Å²) >= 11 is 0. The summed E-state index contributed by atoms with van der Waals surface area (Å²) in [6.07, 6.45) is 1.59. The van der Waals surface area contributed by atoms with Gasteiger partial charge in [0.25, 0.3) is 10.0 Å². The summed E-state index contributed by atoms with van der Waals surface area (Å²) in [4.78, 5) is 55.6. The van der Waals surface area contributed by atoms with Crippen LogP contribution < -0.4 is 4.90 Å². The highest BCUT2D eigenvalue weighted by Crippen LogP contribution is 2.29. The largest absolute Gasteiger partial charge is 0.445 e. The predicted octanol–water partition coefficient (Wildman–Crippen LogP) is 4.98. The molecular formula is C33H38N6O7S. The minimum Gasteiger partial charge on any atom is -0.445 e. The molecule has 3 heterocycles. The molecule has 1 aliphatic heterocycles. The zero-order valence-corrected chi connectivity index (χ0v) is 27.8. The predicted molar refractivity (Wildman–Crippen MR) is 173 cm³/mol. The SMILES string of the molecule is CC[C@H]1CN(C(=O)OCc2ccccc2)C[C@H]1C(=O)CN(C(=O)OC(C)(C)C)c1cnc2c(ncn2S(=O)(=O)c2ccc(C)cc2)n1. The van der Waals surface area contributed by atoms with E-state index in [1.165, 1.54) is 23.2 Å². The van der Waals surface area contributed by atoms with Gasteiger partial charge in [0.05, 0.1) is 17.6 Å². The molecule has 2 aromatic carbocycles. The Morgan fingerprint density at radius 2 is 1.70 bits per heavy atom. The zero-order valence-electron chi connectivity index (χ0n) is 27.0. The van der Waals surface area contributed by atoms with E-state index in [4.69, 9.17) is 9.47 Å². The molecule has 2 aromatic heterocycles. The van der Waals surface area contributed by atoms with E-state index in [1.54, 1.807) is 32.9 Å². The Morgan fingerprint density at radius 1 is 1.00 bits per heavy atom. The van der Waals surface area contributed by atoms with Gasteiger partial charge in [-0.25, -0.2) is 36.9 Å². The number of hydrogen-bond acceptors (Lipinski definition) is 10. The van der Waals surface area contributed by atoms with Crippen molar-refractivity contribution in [3.63, 3.8) is 0 Å². The van der Waals surface area contributed by atoms with Crippen LogP contribution in [0.3, 0.4) is 0 Å². The number of fused-ring (bicyclic) bond motifs is 1. The molecule has 0 radical (unpaired) electrons. The van der Waals surface area contributed by atoms with Crippen molar-refractivity contribution in [2.75, 3.05) is 24.5 Å². The monoisotopic (exact) mass is 662 g/mol. The van der Waals surface area contributed by atoms with E-state index in [-0.39, 0.29) is 46.9 Å². The van der Waals surface area contributed by atoms with Gasteiger partial charge in [0.15, 0.2) is 17.2 Å². The van der Waals surface area contributed by atoms with E-state index in [2.05, 4.69) is 15.0 Å². The maximum atomic E-state index is 13.8. The highest BCUT2D eigenvalue weighted by atomic mass is 32.2. The molecule has 1 aliphatic rings. The lowest BCUT2D eigenvalue weighted by Gasteiger charge is -2.27. The summed E-state index contributed by atoms with van der Waals surface area (Å²) in [6.45, 7) is 9.05. The van der Waals surface area contributed by atoms with Crippen molar-refractivity contribution in [2.45, 2.75) is 58.1 Å². The molecule has 2 atom stereocenters. The van der Waals surface area contributed by atoms with E-state index >= 15 is 0 Å². The second-order valence-electron chi connectivity index (χ2n) is 12.5. The van der Waals surface area contributed by atoms with Gasteiger partial charge in [-0.2, -0.15) is 0 Å². The van der Waals surface area contributed by atoms with Gasteiger partial charge in [0, 0.05) is 19.0 Å². The molecule has 0 N–H and O–H groups in total. The first-order valence-corrected chi connectivity index (χ1v) is 16.7. The molecule has 0 aliphatic carbocycles. The van der Waals surface area contributed by atoms with E-state index in [9.17, 15) is 22.8 Å². The number of Topliss-reactive ketones (excluding diaryl/α,β-unsaturated/α-hetero) is 1. The van der Waals surface area contributed by atoms with Crippen LogP contribution in [0.25, 0.3) is 11.3 Å². The fraction of sp³-hybridized carbons (Fsp3) is 0.394. The lowest BCUT2D eigenvalue weighted by atomic mass is 9.90. The molecule has 2 amide bonds. The quantitative estimate of drug-likeness (QED) is 0.240. The number of ether oxygens (including phenoxy) is 2. The van der Waals surface area contributed by atoms with Gasteiger partial charge in [-0.05, 0) is 51.3 Å². The van der Waals surface area contributed by atoms with Crippen molar-refractivity contribution in [3.8, 4) is 0 Å². The summed E-state index contributed by atoms with van der Waals surface area (Å²) < 4.78 is 38.7.